The Kier molecular flexibility index (Phi) is 26.0. The second-order valence-electron chi connectivity index (χ2n) is 14.0. The van der Waals surface area contributed by atoms with E-state index in [0.29, 0.717) is 12.8 Å². The molecule has 1 fully saturated rings. The Morgan fingerprint density at radius 3 is 1.68 bits per heavy atom. The van der Waals surface area contributed by atoms with Gasteiger partial charge in [-0.3, -0.25) is 13.8 Å². The lowest BCUT2D eigenvalue weighted by Gasteiger charge is -2.41. The third-order valence-corrected chi connectivity index (χ3v) is 10.4. The van der Waals surface area contributed by atoms with Crippen LogP contribution in [-0.4, -0.2) is 108 Å². The van der Waals surface area contributed by atoms with Crippen LogP contribution >= 0.6 is 7.82 Å². The summed E-state index contributed by atoms with van der Waals surface area (Å²) in [6.45, 7) is 3.68. The maximum atomic E-state index is 12.9. The highest BCUT2D eigenvalue weighted by Gasteiger charge is 2.51. The number of allylic oxidation sites excluding steroid dienone is 2. The van der Waals surface area contributed by atoms with E-state index >= 15 is 0 Å². The summed E-state index contributed by atoms with van der Waals surface area (Å²) in [6.07, 6.45) is 10.1. The molecule has 1 saturated carbocycles. The predicted molar refractivity (Wildman–Crippen MR) is 192 cm³/mol. The van der Waals surface area contributed by atoms with Crippen molar-refractivity contribution in [3.05, 3.63) is 12.2 Å². The fourth-order valence-electron chi connectivity index (χ4n) is 6.12. The summed E-state index contributed by atoms with van der Waals surface area (Å²) in [6, 6.07) is -1.15. The summed E-state index contributed by atoms with van der Waals surface area (Å²) in [4.78, 5) is 23.2. The number of phosphoric acid groups is 1. The number of carbonyl (C=O) groups excluding carboxylic acids is 1. The number of carbonyl (C=O) groups is 1. The number of aliphatic hydroxyl groups is 7. The van der Waals surface area contributed by atoms with Crippen LogP contribution in [0, 0.1) is 0 Å². The second kappa shape index (κ2) is 27.6. The predicted octanol–water partition coefficient (Wildman–Crippen LogP) is 4.30. The van der Waals surface area contributed by atoms with E-state index in [9.17, 15) is 50.0 Å². The molecule has 50 heavy (non-hydrogen) atoms. The number of hydrogen-bond donors (Lipinski definition) is 9. The summed E-state index contributed by atoms with van der Waals surface area (Å²) in [7, 11) is -5.10. The molecule has 0 aromatic carbocycles. The minimum absolute atomic E-state index is 0.231. The maximum Gasteiger partial charge on any atom is 0.472 e. The van der Waals surface area contributed by atoms with Crippen molar-refractivity contribution < 1.29 is 59.0 Å². The topological polar surface area (TPSA) is 226 Å². The first kappa shape index (κ1) is 47.1. The standard InChI is InChI=1S/C36H70NO12P/c1-3-5-7-9-11-13-15-17-19-21-23-27(38)25-30(40)37-28(29(39)24-22-20-18-16-14-12-10-8-6-4-2)26-48-50(46,47)49-36-34(44)32(42)31(41)33(43)35(36)45/h11,13,27-29,31-36,38-39,41-45H,3-10,12,14-26H2,1-2H3,(H,37,40)(H,46,47)/b13-11-. The van der Waals surface area contributed by atoms with Gasteiger partial charge in [-0.1, -0.05) is 116 Å². The fraction of sp³-hybridized carbons (Fsp3) is 0.917. The fourth-order valence-corrected chi connectivity index (χ4v) is 7.09. The van der Waals surface area contributed by atoms with E-state index in [-0.39, 0.29) is 12.8 Å². The molecule has 1 aliphatic carbocycles. The van der Waals surface area contributed by atoms with E-state index in [0.717, 1.165) is 57.8 Å². The Morgan fingerprint density at radius 2 is 1.12 bits per heavy atom. The van der Waals surface area contributed by atoms with Gasteiger partial charge in [-0.05, 0) is 38.5 Å². The first-order valence-electron chi connectivity index (χ1n) is 19.2. The van der Waals surface area contributed by atoms with Gasteiger partial charge in [0.05, 0.1) is 31.3 Å². The lowest BCUT2D eigenvalue weighted by atomic mass is 9.85. The van der Waals surface area contributed by atoms with Crippen LogP contribution in [0.3, 0.4) is 0 Å². The van der Waals surface area contributed by atoms with Gasteiger partial charge in [-0.2, -0.15) is 0 Å². The van der Waals surface area contributed by atoms with Crippen LogP contribution in [0.15, 0.2) is 12.2 Å². The first-order chi connectivity index (χ1) is 23.8. The molecule has 13 nitrogen and oxygen atoms in total. The maximum absolute atomic E-state index is 12.9. The number of hydrogen-bond acceptors (Lipinski definition) is 11. The highest BCUT2D eigenvalue weighted by Crippen LogP contribution is 2.47. The molecule has 1 amide bonds. The Bertz CT molecular complexity index is 927. The molecule has 1 aliphatic rings. The second-order valence-corrected chi connectivity index (χ2v) is 15.4. The molecule has 1 rings (SSSR count). The summed E-state index contributed by atoms with van der Waals surface area (Å²) < 4.78 is 22.7. The van der Waals surface area contributed by atoms with Crippen molar-refractivity contribution >= 4 is 13.7 Å². The number of phosphoric ester groups is 1. The van der Waals surface area contributed by atoms with Gasteiger partial charge in [0.15, 0.2) is 0 Å². The Morgan fingerprint density at radius 1 is 0.680 bits per heavy atom. The Hall–Kier alpha value is -0.960. The third-order valence-electron chi connectivity index (χ3n) is 9.38. The highest BCUT2D eigenvalue weighted by atomic mass is 31.2. The molecular weight excluding hydrogens is 669 g/mol. The van der Waals surface area contributed by atoms with Crippen LogP contribution in [-0.2, 0) is 18.4 Å². The molecule has 8 unspecified atom stereocenters. The molecule has 9 N–H and O–H groups in total. The van der Waals surface area contributed by atoms with Gasteiger partial charge in [0.2, 0.25) is 5.91 Å². The lowest BCUT2D eigenvalue weighted by Crippen LogP contribution is -2.64. The van der Waals surface area contributed by atoms with Crippen molar-refractivity contribution in [3.8, 4) is 0 Å². The quantitative estimate of drug-likeness (QED) is 0.0286. The highest BCUT2D eigenvalue weighted by molar-refractivity contribution is 7.47. The molecule has 0 aromatic rings. The Balaban J connectivity index is 2.65. The molecule has 14 heteroatoms. The van der Waals surface area contributed by atoms with Crippen LogP contribution in [0.4, 0.5) is 0 Å². The zero-order valence-corrected chi connectivity index (χ0v) is 31.5. The van der Waals surface area contributed by atoms with E-state index < -0.39 is 75.2 Å². The van der Waals surface area contributed by atoms with Crippen LogP contribution in [0.1, 0.15) is 149 Å². The van der Waals surface area contributed by atoms with E-state index in [1.54, 1.807) is 0 Å². The number of aliphatic hydroxyl groups excluding tert-OH is 7. The largest absolute Gasteiger partial charge is 0.472 e. The zero-order chi connectivity index (χ0) is 37.4. The van der Waals surface area contributed by atoms with Crippen molar-refractivity contribution in [2.75, 3.05) is 6.61 Å². The van der Waals surface area contributed by atoms with E-state index in [4.69, 9.17) is 9.05 Å². The van der Waals surface area contributed by atoms with Gasteiger partial charge < -0.3 is 46.0 Å². The van der Waals surface area contributed by atoms with Gasteiger partial charge in [-0.15, -0.1) is 0 Å². The van der Waals surface area contributed by atoms with Crippen molar-refractivity contribution in [1.29, 1.82) is 0 Å². The van der Waals surface area contributed by atoms with Crippen molar-refractivity contribution in [2.24, 2.45) is 0 Å². The molecule has 0 bridgehead atoms. The summed E-state index contributed by atoms with van der Waals surface area (Å²) >= 11 is 0. The zero-order valence-electron chi connectivity index (χ0n) is 30.6. The van der Waals surface area contributed by atoms with E-state index in [2.05, 4.69) is 31.3 Å². The molecule has 0 aliphatic heterocycles. The molecule has 0 spiro atoms. The van der Waals surface area contributed by atoms with Gasteiger partial charge >= 0.3 is 7.82 Å². The number of nitrogens with one attached hydrogen (secondary N) is 1. The van der Waals surface area contributed by atoms with Crippen LogP contribution in [0.25, 0.3) is 0 Å². The molecule has 0 heterocycles. The SMILES string of the molecule is CCCCC/C=C\CCCCCC(O)CC(=O)NC(COP(=O)(O)OC1C(O)C(O)C(O)C(O)C1O)C(O)CCCCCCCCCCCC. The van der Waals surface area contributed by atoms with Crippen LogP contribution in [0.5, 0.6) is 0 Å². The Labute approximate surface area is 300 Å². The average molecular weight is 740 g/mol. The minimum atomic E-state index is -5.10. The number of amides is 1. The first-order valence-corrected chi connectivity index (χ1v) is 20.7. The molecular formula is C36H70NO12P. The number of unbranched alkanes of at least 4 members (excludes halogenated alkanes) is 15. The van der Waals surface area contributed by atoms with Gasteiger partial charge in [0, 0.05) is 0 Å². The molecule has 0 aromatic heterocycles. The minimum Gasteiger partial charge on any atom is -0.393 e. The van der Waals surface area contributed by atoms with Gasteiger partial charge in [-0.25, -0.2) is 4.57 Å². The summed E-state index contributed by atoms with van der Waals surface area (Å²) in [5.41, 5.74) is 0. The normalized spacial score (nSPS) is 25.7. The summed E-state index contributed by atoms with van der Waals surface area (Å²) in [5.74, 6) is -0.574. The molecule has 0 radical (unpaired) electrons. The van der Waals surface area contributed by atoms with Crippen molar-refractivity contribution in [1.82, 2.24) is 5.32 Å². The average Bonchev–Trinajstić information content (AvgIpc) is 3.08. The smallest absolute Gasteiger partial charge is 0.393 e. The van der Waals surface area contributed by atoms with Crippen molar-refractivity contribution in [2.45, 2.75) is 204 Å². The lowest BCUT2D eigenvalue weighted by molar-refractivity contribution is -0.220. The molecule has 8 atom stereocenters. The van der Waals surface area contributed by atoms with Crippen LogP contribution in [0.2, 0.25) is 0 Å². The molecule has 296 valence electrons. The summed E-state index contributed by atoms with van der Waals surface area (Å²) in [5, 5.41) is 74.0. The molecule has 0 saturated heterocycles. The van der Waals surface area contributed by atoms with E-state index in [1.807, 2.05) is 0 Å². The number of rotatable bonds is 30. The monoisotopic (exact) mass is 739 g/mol. The van der Waals surface area contributed by atoms with E-state index in [1.165, 1.54) is 51.4 Å². The van der Waals surface area contributed by atoms with Crippen molar-refractivity contribution in [3.63, 3.8) is 0 Å². The van der Waals surface area contributed by atoms with Crippen LogP contribution < -0.4 is 5.32 Å². The van der Waals surface area contributed by atoms with Gasteiger partial charge in [0.1, 0.15) is 36.6 Å². The third kappa shape index (κ3) is 20.3. The van der Waals surface area contributed by atoms with Gasteiger partial charge in [0.25, 0.3) is 0 Å².